The van der Waals surface area contributed by atoms with Crippen LogP contribution in [-0.2, 0) is 0 Å². The predicted molar refractivity (Wildman–Crippen MR) is 69.8 cm³/mol. The van der Waals surface area contributed by atoms with Crippen LogP contribution in [0.25, 0.3) is 0 Å². The molecule has 19 heavy (non-hydrogen) atoms. The average molecular weight is 281 g/mol. The highest BCUT2D eigenvalue weighted by Gasteiger charge is 2.25. The minimum absolute atomic E-state index is 0.0607. The molecule has 0 fully saturated rings. The second kappa shape index (κ2) is 5.57. The van der Waals surface area contributed by atoms with E-state index in [0.717, 1.165) is 0 Å². The third-order valence-electron chi connectivity index (χ3n) is 1.98. The fourth-order valence-electron chi connectivity index (χ4n) is 1.31. The van der Waals surface area contributed by atoms with E-state index in [1.54, 1.807) is 25.4 Å². The quantitative estimate of drug-likeness (QED) is 0.662. The molecule has 100 valence electrons. The van der Waals surface area contributed by atoms with Crippen molar-refractivity contribution < 1.29 is 9.66 Å². The summed E-state index contributed by atoms with van der Waals surface area (Å²) in [6.45, 7) is 3.53. The number of nitrogens with zero attached hydrogens (tertiary/aromatic N) is 4. The van der Waals surface area contributed by atoms with Gasteiger partial charge < -0.3 is 10.1 Å². The van der Waals surface area contributed by atoms with Gasteiger partial charge in [-0.3, -0.25) is 10.1 Å². The first-order chi connectivity index (χ1) is 9.08. The van der Waals surface area contributed by atoms with E-state index in [4.69, 9.17) is 4.74 Å². The number of ether oxygens (including phenoxy) is 1. The molecule has 2 aromatic heterocycles. The standard InChI is InChI=1S/C10H11N5O3S/c1-6(2)18-9-7(15(16)17)8(12-5-13-9)14-10-11-3-4-19-10/h3-6H,1-2H3,(H,11,12,13,14). The molecule has 0 saturated carbocycles. The van der Waals surface area contributed by atoms with Crippen molar-refractivity contribution >= 4 is 28.0 Å². The lowest BCUT2D eigenvalue weighted by molar-refractivity contribution is -0.385. The van der Waals surface area contributed by atoms with Crippen LogP contribution in [0.3, 0.4) is 0 Å². The lowest BCUT2D eigenvalue weighted by Crippen LogP contribution is -2.10. The summed E-state index contributed by atoms with van der Waals surface area (Å²) >= 11 is 1.31. The molecule has 0 unspecified atom stereocenters. The van der Waals surface area contributed by atoms with E-state index in [1.807, 2.05) is 0 Å². The van der Waals surface area contributed by atoms with Crippen molar-refractivity contribution in [3.63, 3.8) is 0 Å². The molecule has 2 rings (SSSR count). The molecule has 0 radical (unpaired) electrons. The smallest absolute Gasteiger partial charge is 0.373 e. The van der Waals surface area contributed by atoms with Crippen molar-refractivity contribution in [3.8, 4) is 5.88 Å². The van der Waals surface area contributed by atoms with Gasteiger partial charge in [-0.2, -0.15) is 4.98 Å². The average Bonchev–Trinajstić information content (AvgIpc) is 2.80. The van der Waals surface area contributed by atoms with Crippen LogP contribution in [0.5, 0.6) is 5.88 Å². The van der Waals surface area contributed by atoms with E-state index < -0.39 is 4.92 Å². The monoisotopic (exact) mass is 281 g/mol. The Morgan fingerprint density at radius 2 is 2.21 bits per heavy atom. The topological polar surface area (TPSA) is 103 Å². The van der Waals surface area contributed by atoms with Crippen molar-refractivity contribution in [2.75, 3.05) is 5.32 Å². The van der Waals surface area contributed by atoms with Crippen molar-refractivity contribution in [2.24, 2.45) is 0 Å². The normalized spacial score (nSPS) is 10.5. The Morgan fingerprint density at radius 3 is 2.79 bits per heavy atom. The maximum atomic E-state index is 11.1. The van der Waals surface area contributed by atoms with E-state index in [9.17, 15) is 10.1 Å². The van der Waals surface area contributed by atoms with Gasteiger partial charge in [0.25, 0.3) is 5.88 Å². The lowest BCUT2D eigenvalue weighted by atomic mass is 10.4. The fraction of sp³-hybridized carbons (Fsp3) is 0.300. The highest BCUT2D eigenvalue weighted by Crippen LogP contribution is 2.33. The van der Waals surface area contributed by atoms with Gasteiger partial charge >= 0.3 is 5.69 Å². The highest BCUT2D eigenvalue weighted by atomic mass is 32.1. The van der Waals surface area contributed by atoms with E-state index in [0.29, 0.717) is 5.13 Å². The lowest BCUT2D eigenvalue weighted by Gasteiger charge is -2.10. The first-order valence-electron chi connectivity index (χ1n) is 5.40. The summed E-state index contributed by atoms with van der Waals surface area (Å²) < 4.78 is 5.32. The molecule has 0 spiro atoms. The van der Waals surface area contributed by atoms with E-state index in [1.165, 1.54) is 17.7 Å². The van der Waals surface area contributed by atoms with Crippen molar-refractivity contribution in [3.05, 3.63) is 28.0 Å². The molecule has 0 saturated heterocycles. The van der Waals surface area contributed by atoms with Crippen LogP contribution in [0.15, 0.2) is 17.9 Å². The van der Waals surface area contributed by atoms with Gasteiger partial charge in [-0.15, -0.1) is 11.3 Å². The molecule has 0 aliphatic rings. The summed E-state index contributed by atoms with van der Waals surface area (Å²) in [5, 5.41) is 16.2. The van der Waals surface area contributed by atoms with Crippen LogP contribution in [0, 0.1) is 10.1 Å². The Hall–Kier alpha value is -2.29. The van der Waals surface area contributed by atoms with Crippen molar-refractivity contribution in [1.82, 2.24) is 15.0 Å². The van der Waals surface area contributed by atoms with Crippen LogP contribution in [-0.4, -0.2) is 26.0 Å². The number of nitro groups is 1. The van der Waals surface area contributed by atoms with Gasteiger partial charge in [0.05, 0.1) is 11.0 Å². The Bertz CT molecular complexity index is 573. The third-order valence-corrected chi connectivity index (χ3v) is 2.66. The van der Waals surface area contributed by atoms with Gasteiger partial charge in [0, 0.05) is 11.6 Å². The second-order valence-corrected chi connectivity index (χ2v) is 4.66. The summed E-state index contributed by atoms with van der Waals surface area (Å²) in [5.74, 6) is -0.000318. The fourth-order valence-corrected chi connectivity index (χ4v) is 1.84. The van der Waals surface area contributed by atoms with E-state index in [2.05, 4.69) is 20.3 Å². The summed E-state index contributed by atoms with van der Waals surface area (Å²) in [5.41, 5.74) is -0.300. The van der Waals surface area contributed by atoms with Crippen LogP contribution in [0.2, 0.25) is 0 Å². The maximum absolute atomic E-state index is 11.1. The van der Waals surface area contributed by atoms with Gasteiger partial charge in [0.1, 0.15) is 6.33 Å². The predicted octanol–water partition coefficient (Wildman–Crippen LogP) is 2.37. The number of hydrogen-bond donors (Lipinski definition) is 1. The van der Waals surface area contributed by atoms with Gasteiger partial charge in [0.2, 0.25) is 5.82 Å². The van der Waals surface area contributed by atoms with Crippen LogP contribution < -0.4 is 10.1 Å². The molecule has 2 aromatic rings. The number of hydrogen-bond acceptors (Lipinski definition) is 8. The number of aromatic nitrogens is 3. The molecule has 0 aliphatic carbocycles. The highest BCUT2D eigenvalue weighted by molar-refractivity contribution is 7.13. The number of rotatable bonds is 5. The molecule has 0 aliphatic heterocycles. The molecular formula is C10H11N5O3S. The largest absolute Gasteiger partial charge is 0.470 e. The number of thiazole rings is 1. The van der Waals surface area contributed by atoms with Gasteiger partial charge in [-0.1, -0.05) is 0 Å². The molecule has 0 atom stereocenters. The van der Waals surface area contributed by atoms with E-state index in [-0.39, 0.29) is 23.5 Å². The zero-order valence-electron chi connectivity index (χ0n) is 10.2. The Morgan fingerprint density at radius 1 is 1.42 bits per heavy atom. The Balaban J connectivity index is 2.39. The first-order valence-corrected chi connectivity index (χ1v) is 6.28. The Labute approximate surface area is 112 Å². The van der Waals surface area contributed by atoms with Gasteiger partial charge in [-0.25, -0.2) is 9.97 Å². The Kier molecular flexibility index (Phi) is 3.85. The molecule has 8 nitrogen and oxygen atoms in total. The van der Waals surface area contributed by atoms with Crippen molar-refractivity contribution in [1.29, 1.82) is 0 Å². The maximum Gasteiger partial charge on any atom is 0.373 e. The molecular weight excluding hydrogens is 270 g/mol. The number of anilines is 2. The molecule has 0 aromatic carbocycles. The van der Waals surface area contributed by atoms with Crippen LogP contribution in [0.1, 0.15) is 13.8 Å². The van der Waals surface area contributed by atoms with Crippen LogP contribution >= 0.6 is 11.3 Å². The van der Waals surface area contributed by atoms with Crippen molar-refractivity contribution in [2.45, 2.75) is 20.0 Å². The van der Waals surface area contributed by atoms with E-state index >= 15 is 0 Å². The van der Waals surface area contributed by atoms with Gasteiger partial charge in [-0.05, 0) is 13.8 Å². The third kappa shape index (κ3) is 3.13. The zero-order chi connectivity index (χ0) is 13.8. The summed E-state index contributed by atoms with van der Waals surface area (Å²) in [6.07, 6.45) is 2.58. The number of nitrogens with one attached hydrogen (secondary N) is 1. The zero-order valence-corrected chi connectivity index (χ0v) is 11.0. The summed E-state index contributed by atoms with van der Waals surface area (Å²) in [4.78, 5) is 22.2. The summed E-state index contributed by atoms with van der Waals surface area (Å²) in [7, 11) is 0. The van der Waals surface area contributed by atoms with Crippen LogP contribution in [0.4, 0.5) is 16.6 Å². The molecule has 0 amide bonds. The molecule has 1 N–H and O–H groups in total. The molecule has 0 bridgehead atoms. The minimum atomic E-state index is -0.576. The summed E-state index contributed by atoms with van der Waals surface area (Å²) in [6, 6.07) is 0. The molecule has 2 heterocycles. The SMILES string of the molecule is CC(C)Oc1ncnc(Nc2nccs2)c1[N+](=O)[O-]. The molecule has 9 heteroatoms. The van der Waals surface area contributed by atoms with Gasteiger partial charge in [0.15, 0.2) is 5.13 Å². The first kappa shape index (κ1) is 13.1. The second-order valence-electron chi connectivity index (χ2n) is 3.76. The minimum Gasteiger partial charge on any atom is -0.470 e.